The molecule has 0 fully saturated rings. The Bertz CT molecular complexity index is 663. The Morgan fingerprint density at radius 3 is 2.72 bits per heavy atom. The largest absolute Gasteiger partial charge is 0.497 e. The van der Waals surface area contributed by atoms with Crippen LogP contribution in [0, 0.1) is 0 Å². The van der Waals surface area contributed by atoms with Gasteiger partial charge in [0.1, 0.15) is 22.7 Å². The Morgan fingerprint density at radius 2 is 1.94 bits per heavy atom. The van der Waals surface area contributed by atoms with Gasteiger partial charge in [-0.3, -0.25) is 0 Å². The van der Waals surface area contributed by atoms with Crippen LogP contribution < -0.4 is 4.74 Å². The van der Waals surface area contributed by atoms with E-state index in [-0.39, 0.29) is 0 Å². The number of fused-ring (bicyclic) bond motifs is 1. The van der Waals surface area contributed by atoms with Gasteiger partial charge in [0, 0.05) is 11.1 Å². The lowest BCUT2D eigenvalue weighted by atomic mass is 10.3. The van der Waals surface area contributed by atoms with Gasteiger partial charge in [0.2, 0.25) is 0 Å². The van der Waals surface area contributed by atoms with Crippen LogP contribution in [0.4, 0.5) is 0 Å². The molecule has 0 atom stereocenters. The van der Waals surface area contributed by atoms with Crippen molar-refractivity contribution in [3.8, 4) is 5.75 Å². The highest BCUT2D eigenvalue weighted by atomic mass is 32.2. The summed E-state index contributed by atoms with van der Waals surface area (Å²) in [5, 5.41) is 1.99. The van der Waals surface area contributed by atoms with Gasteiger partial charge in [-0.1, -0.05) is 11.8 Å². The Hall–Kier alpha value is -2.01. The van der Waals surface area contributed by atoms with E-state index in [9.17, 15) is 0 Å². The number of hydrogen-bond acceptors (Lipinski definition) is 4. The number of aromatic amines is 1. The van der Waals surface area contributed by atoms with Crippen molar-refractivity contribution in [3.05, 3.63) is 42.9 Å². The lowest BCUT2D eigenvalue weighted by Crippen LogP contribution is -1.85. The highest BCUT2D eigenvalue weighted by Gasteiger charge is 2.06. The number of methoxy groups -OCH3 is 1. The quantitative estimate of drug-likeness (QED) is 0.732. The average molecular weight is 257 g/mol. The molecular formula is C13H11N3OS. The first-order valence-electron chi connectivity index (χ1n) is 5.47. The number of nitrogens with one attached hydrogen (secondary N) is 1. The molecule has 0 bridgehead atoms. The van der Waals surface area contributed by atoms with Gasteiger partial charge in [0.05, 0.1) is 12.5 Å². The van der Waals surface area contributed by atoms with Crippen molar-refractivity contribution >= 4 is 22.8 Å². The van der Waals surface area contributed by atoms with E-state index in [0.29, 0.717) is 0 Å². The van der Waals surface area contributed by atoms with Crippen molar-refractivity contribution in [1.82, 2.24) is 15.0 Å². The van der Waals surface area contributed by atoms with E-state index < -0.39 is 0 Å². The molecule has 4 nitrogen and oxygen atoms in total. The molecule has 0 aliphatic rings. The number of aromatic nitrogens is 3. The molecule has 0 saturated heterocycles. The first-order chi connectivity index (χ1) is 8.86. The monoisotopic (exact) mass is 257 g/mol. The summed E-state index contributed by atoms with van der Waals surface area (Å²) >= 11 is 1.61. The minimum absolute atomic E-state index is 0.855. The molecule has 0 amide bonds. The van der Waals surface area contributed by atoms with E-state index in [4.69, 9.17) is 4.74 Å². The van der Waals surface area contributed by atoms with Crippen LogP contribution >= 0.6 is 11.8 Å². The number of hydrogen-bond donors (Lipinski definition) is 1. The van der Waals surface area contributed by atoms with E-state index in [2.05, 4.69) is 15.0 Å². The normalized spacial score (nSPS) is 10.7. The summed E-state index contributed by atoms with van der Waals surface area (Å²) in [4.78, 5) is 12.7. The highest BCUT2D eigenvalue weighted by Crippen LogP contribution is 2.31. The Morgan fingerprint density at radius 1 is 1.11 bits per heavy atom. The molecule has 5 heteroatoms. The molecule has 0 spiro atoms. The number of ether oxygens (including phenoxy) is 1. The van der Waals surface area contributed by atoms with Gasteiger partial charge >= 0.3 is 0 Å². The topological polar surface area (TPSA) is 50.8 Å². The van der Waals surface area contributed by atoms with Crippen molar-refractivity contribution in [2.75, 3.05) is 7.11 Å². The van der Waals surface area contributed by atoms with E-state index in [1.54, 1.807) is 25.2 Å². The zero-order chi connectivity index (χ0) is 12.4. The van der Waals surface area contributed by atoms with Gasteiger partial charge in [-0.05, 0) is 30.3 Å². The molecule has 0 unspecified atom stereocenters. The summed E-state index contributed by atoms with van der Waals surface area (Å²) < 4.78 is 5.14. The summed E-state index contributed by atoms with van der Waals surface area (Å²) in [5.74, 6) is 0.855. The molecule has 2 heterocycles. The van der Waals surface area contributed by atoms with Crippen LogP contribution in [0.15, 0.2) is 52.8 Å². The van der Waals surface area contributed by atoms with Gasteiger partial charge in [0.25, 0.3) is 0 Å². The third kappa shape index (κ3) is 2.04. The van der Waals surface area contributed by atoms with Crippen molar-refractivity contribution in [3.63, 3.8) is 0 Å². The summed E-state index contributed by atoms with van der Waals surface area (Å²) in [6.07, 6.45) is 3.45. The SMILES string of the molecule is COc1ccc(Sc2ncnc3[nH]ccc23)cc1. The Labute approximate surface area is 108 Å². The zero-order valence-corrected chi connectivity index (χ0v) is 10.6. The standard InChI is InChI=1S/C13H11N3OS/c1-17-9-2-4-10(5-3-9)18-13-11-6-7-14-12(11)15-8-16-13/h2-8H,1H3,(H,14,15,16). The summed E-state index contributed by atoms with van der Waals surface area (Å²) in [5.41, 5.74) is 0.862. The van der Waals surface area contributed by atoms with Gasteiger partial charge in [-0.2, -0.15) is 0 Å². The van der Waals surface area contributed by atoms with Crippen LogP contribution in [0.1, 0.15) is 0 Å². The molecule has 3 rings (SSSR count). The second kappa shape index (κ2) is 4.70. The summed E-state index contributed by atoms with van der Waals surface area (Å²) in [7, 11) is 1.66. The van der Waals surface area contributed by atoms with Crippen LogP contribution in [-0.4, -0.2) is 22.1 Å². The molecule has 0 aliphatic heterocycles. The molecule has 0 aliphatic carbocycles. The summed E-state index contributed by atoms with van der Waals surface area (Å²) in [6, 6.07) is 9.91. The fourth-order valence-electron chi connectivity index (χ4n) is 1.69. The van der Waals surface area contributed by atoms with Crippen molar-refractivity contribution in [1.29, 1.82) is 0 Å². The molecule has 0 saturated carbocycles. The summed E-state index contributed by atoms with van der Waals surface area (Å²) in [6.45, 7) is 0. The molecule has 18 heavy (non-hydrogen) atoms. The van der Waals surface area contributed by atoms with Gasteiger partial charge in [-0.15, -0.1) is 0 Å². The molecule has 1 aromatic carbocycles. The maximum absolute atomic E-state index is 5.14. The number of benzene rings is 1. The third-order valence-corrected chi connectivity index (χ3v) is 3.62. The smallest absolute Gasteiger partial charge is 0.141 e. The first-order valence-corrected chi connectivity index (χ1v) is 6.28. The lowest BCUT2D eigenvalue weighted by Gasteiger charge is -2.03. The van der Waals surface area contributed by atoms with Crippen molar-refractivity contribution < 1.29 is 4.74 Å². The number of H-pyrrole nitrogens is 1. The molecule has 3 aromatic rings. The predicted molar refractivity (Wildman–Crippen MR) is 71.0 cm³/mol. The first kappa shape index (κ1) is 11.1. The Kier molecular flexibility index (Phi) is 2.90. The van der Waals surface area contributed by atoms with Crippen LogP contribution in [-0.2, 0) is 0 Å². The second-order valence-corrected chi connectivity index (χ2v) is 4.76. The van der Waals surface area contributed by atoms with E-state index >= 15 is 0 Å². The van der Waals surface area contributed by atoms with Crippen LogP contribution in [0.3, 0.4) is 0 Å². The van der Waals surface area contributed by atoms with E-state index in [1.165, 1.54) is 0 Å². The van der Waals surface area contributed by atoms with Gasteiger partial charge in [0.15, 0.2) is 0 Å². The number of nitrogens with zero attached hydrogens (tertiary/aromatic N) is 2. The fraction of sp³-hybridized carbons (Fsp3) is 0.0769. The maximum Gasteiger partial charge on any atom is 0.141 e. The lowest BCUT2D eigenvalue weighted by molar-refractivity contribution is 0.414. The average Bonchev–Trinajstić information content (AvgIpc) is 2.89. The van der Waals surface area contributed by atoms with E-state index in [1.807, 2.05) is 36.5 Å². The van der Waals surface area contributed by atoms with E-state index in [0.717, 1.165) is 26.7 Å². The molecule has 0 radical (unpaired) electrons. The van der Waals surface area contributed by atoms with Gasteiger partial charge in [-0.25, -0.2) is 9.97 Å². The van der Waals surface area contributed by atoms with Crippen LogP contribution in [0.25, 0.3) is 11.0 Å². The minimum Gasteiger partial charge on any atom is -0.497 e. The number of rotatable bonds is 3. The second-order valence-electron chi connectivity index (χ2n) is 3.70. The van der Waals surface area contributed by atoms with Crippen molar-refractivity contribution in [2.24, 2.45) is 0 Å². The highest BCUT2D eigenvalue weighted by molar-refractivity contribution is 7.99. The predicted octanol–water partition coefficient (Wildman–Crippen LogP) is 3.12. The Balaban J connectivity index is 1.93. The molecule has 1 N–H and O–H groups in total. The zero-order valence-electron chi connectivity index (χ0n) is 9.75. The fourth-order valence-corrected chi connectivity index (χ4v) is 2.56. The molecule has 2 aromatic heterocycles. The molecule has 90 valence electrons. The van der Waals surface area contributed by atoms with Crippen molar-refractivity contribution in [2.45, 2.75) is 9.92 Å². The van der Waals surface area contributed by atoms with Crippen LogP contribution in [0.5, 0.6) is 5.75 Å². The minimum atomic E-state index is 0.855. The van der Waals surface area contributed by atoms with Gasteiger partial charge < -0.3 is 9.72 Å². The van der Waals surface area contributed by atoms with Crippen LogP contribution in [0.2, 0.25) is 0 Å². The molecular weight excluding hydrogens is 246 g/mol. The maximum atomic E-state index is 5.14. The third-order valence-electron chi connectivity index (χ3n) is 2.59.